The fourth-order valence-corrected chi connectivity index (χ4v) is 5.71. The summed E-state index contributed by atoms with van der Waals surface area (Å²) >= 11 is 14.0. The van der Waals surface area contributed by atoms with E-state index in [1.165, 1.54) is 11.3 Å². The van der Waals surface area contributed by atoms with E-state index in [0.717, 1.165) is 36.3 Å². The monoisotopic (exact) mass is 547 g/mol. The van der Waals surface area contributed by atoms with E-state index in [2.05, 4.69) is 29.2 Å². The number of thiophene rings is 1. The van der Waals surface area contributed by atoms with Crippen molar-refractivity contribution in [2.24, 2.45) is 0 Å². The number of amides is 1. The molecule has 5 rings (SSSR count). The molecule has 3 N–H and O–H groups in total. The Morgan fingerprint density at radius 2 is 2.03 bits per heavy atom. The third-order valence-corrected chi connectivity index (χ3v) is 8.15. The first kappa shape index (κ1) is 25.0. The molecule has 36 heavy (non-hydrogen) atoms. The average Bonchev–Trinajstić information content (AvgIpc) is 3.57. The van der Waals surface area contributed by atoms with Gasteiger partial charge >= 0.3 is 6.09 Å². The lowest BCUT2D eigenvalue weighted by atomic mass is 10.0. The van der Waals surface area contributed by atoms with E-state index >= 15 is 0 Å². The lowest BCUT2D eigenvalue weighted by Gasteiger charge is -2.34. The zero-order valence-electron chi connectivity index (χ0n) is 20.0. The molecule has 1 fully saturated rings. The van der Waals surface area contributed by atoms with Gasteiger partial charge in [-0.05, 0) is 51.0 Å². The number of aromatic nitrogens is 2. The number of halogens is 2. The van der Waals surface area contributed by atoms with E-state index in [1.54, 1.807) is 12.1 Å². The molecule has 1 aliphatic rings. The van der Waals surface area contributed by atoms with Gasteiger partial charge in [-0.15, -0.1) is 11.3 Å². The number of nitrogen functional groups attached to an aromatic ring is 1. The second-order valence-electron chi connectivity index (χ2n) is 9.19. The summed E-state index contributed by atoms with van der Waals surface area (Å²) in [6.45, 7) is 6.57. The van der Waals surface area contributed by atoms with Gasteiger partial charge in [0.2, 0.25) is 5.88 Å². The van der Waals surface area contributed by atoms with Gasteiger partial charge in [0.1, 0.15) is 5.69 Å². The van der Waals surface area contributed by atoms with Crippen LogP contribution in [0.1, 0.15) is 32.4 Å². The third-order valence-electron chi connectivity index (χ3n) is 6.49. The number of carbonyl (C=O) groups excluding carboxylic acids is 1. The Balaban J connectivity index is 1.37. The lowest BCUT2D eigenvalue weighted by molar-refractivity contribution is 0.151. The largest absolute Gasteiger partial charge is 0.414 e. The third kappa shape index (κ3) is 5.20. The number of rotatable bonds is 6. The maximum atomic E-state index is 12.9. The molecule has 8 nitrogen and oxygen atoms in total. The molecule has 3 aromatic heterocycles. The van der Waals surface area contributed by atoms with Crippen LogP contribution in [0.4, 0.5) is 10.5 Å². The van der Waals surface area contributed by atoms with Crippen LogP contribution in [0, 0.1) is 0 Å². The van der Waals surface area contributed by atoms with Gasteiger partial charge in [0.15, 0.2) is 5.76 Å². The average molecular weight is 548 g/mol. The topological polar surface area (TPSA) is 98.6 Å². The molecule has 1 saturated heterocycles. The quantitative estimate of drug-likeness (QED) is 0.276. The number of nitrogens with one attached hydrogen (secondary N) is 1. The first-order valence-corrected chi connectivity index (χ1v) is 13.4. The number of nitrogens with zero attached hydrogens (tertiary/aromatic N) is 3. The predicted octanol–water partition coefficient (Wildman–Crippen LogP) is 6.26. The first-order valence-electron chi connectivity index (χ1n) is 11.8. The Hall–Kier alpha value is -2.72. The predicted molar refractivity (Wildman–Crippen MR) is 144 cm³/mol. The highest BCUT2D eigenvalue weighted by atomic mass is 35.5. The second-order valence-corrected chi connectivity index (χ2v) is 11.3. The van der Waals surface area contributed by atoms with Gasteiger partial charge in [-0.3, -0.25) is 0 Å². The van der Waals surface area contributed by atoms with E-state index in [9.17, 15) is 4.79 Å². The summed E-state index contributed by atoms with van der Waals surface area (Å²) in [5, 5.41) is 8.32. The van der Waals surface area contributed by atoms with E-state index in [1.807, 2.05) is 28.8 Å². The van der Waals surface area contributed by atoms with Crippen molar-refractivity contribution in [1.82, 2.24) is 19.9 Å². The number of hydrogen-bond acceptors (Lipinski definition) is 7. The van der Waals surface area contributed by atoms with Crippen molar-refractivity contribution in [1.29, 1.82) is 0 Å². The van der Waals surface area contributed by atoms with Crippen molar-refractivity contribution in [2.45, 2.75) is 45.3 Å². The molecule has 0 aliphatic carbocycles. The Morgan fingerprint density at radius 3 is 2.72 bits per heavy atom. The highest BCUT2D eigenvalue weighted by Gasteiger charge is 2.24. The molecule has 0 radical (unpaired) electrons. The molecule has 11 heteroatoms. The van der Waals surface area contributed by atoms with Crippen LogP contribution < -0.4 is 15.8 Å². The Morgan fingerprint density at radius 1 is 1.25 bits per heavy atom. The van der Waals surface area contributed by atoms with Gasteiger partial charge < -0.3 is 29.8 Å². The van der Waals surface area contributed by atoms with Crippen molar-refractivity contribution in [2.75, 3.05) is 18.8 Å². The number of benzene rings is 1. The van der Waals surface area contributed by atoms with Crippen LogP contribution in [0.15, 0.2) is 40.9 Å². The molecule has 1 amide bonds. The highest BCUT2D eigenvalue weighted by molar-refractivity contribution is 7.19. The SMILES string of the molecule is CC(C)N1CCC(NC(=O)Oc2cc3c(Cl)c(N)ccc3n2Cc2cc(-c3ccc(Cl)s3)on2)CC1. The van der Waals surface area contributed by atoms with Crippen LogP contribution in [-0.2, 0) is 6.54 Å². The number of hydrogen-bond donors (Lipinski definition) is 2. The van der Waals surface area contributed by atoms with Crippen molar-refractivity contribution in [3.63, 3.8) is 0 Å². The summed E-state index contributed by atoms with van der Waals surface area (Å²) in [5.74, 6) is 0.965. The molecule has 190 valence electrons. The molecule has 0 spiro atoms. The molecule has 4 heterocycles. The van der Waals surface area contributed by atoms with Crippen LogP contribution in [0.2, 0.25) is 9.36 Å². The van der Waals surface area contributed by atoms with E-state index in [0.29, 0.717) is 50.4 Å². The fraction of sp³-hybridized carbons (Fsp3) is 0.360. The number of anilines is 1. The van der Waals surface area contributed by atoms with E-state index in [-0.39, 0.29) is 6.04 Å². The Bertz CT molecular complexity index is 1390. The fourth-order valence-electron chi connectivity index (χ4n) is 4.50. The van der Waals surface area contributed by atoms with Crippen LogP contribution >= 0.6 is 34.5 Å². The molecule has 1 aliphatic heterocycles. The zero-order chi connectivity index (χ0) is 25.4. The van der Waals surface area contributed by atoms with Crippen molar-refractivity contribution in [3.8, 4) is 16.5 Å². The van der Waals surface area contributed by atoms with Gasteiger partial charge in [-0.25, -0.2) is 4.79 Å². The normalized spacial score (nSPS) is 15.1. The summed E-state index contributed by atoms with van der Waals surface area (Å²) in [5.41, 5.74) is 7.90. The number of fused-ring (bicyclic) bond motifs is 1. The highest BCUT2D eigenvalue weighted by Crippen LogP contribution is 2.36. The number of piperidine rings is 1. The van der Waals surface area contributed by atoms with Crippen molar-refractivity contribution >= 4 is 57.2 Å². The minimum atomic E-state index is -0.500. The van der Waals surface area contributed by atoms with Crippen molar-refractivity contribution in [3.05, 3.63) is 51.5 Å². The number of ether oxygens (including phenoxy) is 1. The van der Waals surface area contributed by atoms with Gasteiger partial charge in [-0.1, -0.05) is 28.4 Å². The van der Waals surface area contributed by atoms with Gasteiger partial charge in [0.25, 0.3) is 0 Å². The van der Waals surface area contributed by atoms with E-state index < -0.39 is 6.09 Å². The number of carbonyl (C=O) groups is 1. The minimum absolute atomic E-state index is 0.0697. The van der Waals surface area contributed by atoms with Crippen LogP contribution in [-0.4, -0.2) is 45.9 Å². The summed E-state index contributed by atoms with van der Waals surface area (Å²) in [6.07, 6.45) is 1.26. The first-order chi connectivity index (χ1) is 17.3. The standard InChI is InChI=1S/C25H27Cl2N5O3S/c1-14(2)31-9-7-15(8-10-31)29-25(33)34-23-12-17-19(4-3-18(28)24(17)27)32(23)13-16-11-20(35-30-16)21-5-6-22(26)36-21/h3-6,11-12,14-15H,7-10,13,28H2,1-2H3,(H,29,33). The minimum Gasteiger partial charge on any atom is -0.398 e. The molecule has 0 saturated carbocycles. The van der Waals surface area contributed by atoms with Gasteiger partial charge in [0, 0.05) is 42.7 Å². The molecule has 4 aromatic rings. The second kappa shape index (κ2) is 10.3. The molecule has 1 aromatic carbocycles. The Labute approximate surface area is 222 Å². The van der Waals surface area contributed by atoms with Crippen LogP contribution in [0.5, 0.6) is 5.88 Å². The van der Waals surface area contributed by atoms with Gasteiger partial charge in [0.05, 0.1) is 32.0 Å². The van der Waals surface area contributed by atoms with Crippen LogP contribution in [0.25, 0.3) is 21.5 Å². The summed E-state index contributed by atoms with van der Waals surface area (Å²) in [7, 11) is 0. The summed E-state index contributed by atoms with van der Waals surface area (Å²) in [6, 6.07) is 11.4. The van der Waals surface area contributed by atoms with Gasteiger partial charge in [-0.2, -0.15) is 0 Å². The maximum absolute atomic E-state index is 12.9. The zero-order valence-corrected chi connectivity index (χ0v) is 22.3. The van der Waals surface area contributed by atoms with E-state index in [4.69, 9.17) is 38.2 Å². The maximum Gasteiger partial charge on any atom is 0.414 e. The molecule has 0 unspecified atom stereocenters. The number of likely N-dealkylation sites (tertiary alicyclic amines) is 1. The lowest BCUT2D eigenvalue weighted by Crippen LogP contribution is -2.47. The molecule has 0 atom stereocenters. The van der Waals surface area contributed by atoms with Crippen LogP contribution in [0.3, 0.4) is 0 Å². The smallest absolute Gasteiger partial charge is 0.398 e. The molecular weight excluding hydrogens is 521 g/mol. The van der Waals surface area contributed by atoms with Crippen molar-refractivity contribution < 1.29 is 14.1 Å². The molecular formula is C25H27Cl2N5O3S. The Kier molecular flexibility index (Phi) is 7.16. The number of nitrogens with two attached hydrogens (primary N) is 1. The summed E-state index contributed by atoms with van der Waals surface area (Å²) in [4.78, 5) is 16.1. The molecule has 0 bridgehead atoms. The summed E-state index contributed by atoms with van der Waals surface area (Å²) < 4.78 is 13.8.